The highest BCUT2D eigenvalue weighted by molar-refractivity contribution is 5.11. The Kier molecular flexibility index (Phi) is 2.53. The molecule has 0 atom stereocenters. The monoisotopic (exact) mass is 149 g/mol. The first-order chi connectivity index (χ1) is 5.25. The highest BCUT2D eigenvalue weighted by Crippen LogP contribution is 1.89. The highest BCUT2D eigenvalue weighted by Gasteiger charge is 1.90. The van der Waals surface area contributed by atoms with E-state index in [1.54, 1.807) is 0 Å². The van der Waals surface area contributed by atoms with Crippen molar-refractivity contribution in [2.75, 3.05) is 0 Å². The van der Waals surface area contributed by atoms with Crippen LogP contribution in [0.25, 0.3) is 13.2 Å². The molecule has 0 saturated carbocycles. The molecule has 11 heavy (non-hydrogen) atoms. The molecule has 1 nitrogen and oxygen atoms in total. The van der Waals surface area contributed by atoms with Gasteiger partial charge in [-0.15, -0.1) is 0 Å². The van der Waals surface area contributed by atoms with E-state index in [1.165, 1.54) is 12.8 Å². The maximum absolute atomic E-state index is 3.93. The molecule has 0 fully saturated rings. The van der Waals surface area contributed by atoms with E-state index in [0.29, 0.717) is 0 Å². The molecule has 0 spiro atoms. The smallest absolute Gasteiger partial charge is 0.0401 e. The van der Waals surface area contributed by atoms with Crippen LogP contribution in [0.5, 0.6) is 0 Å². The Balaban J connectivity index is 2.80. The molecular weight excluding hydrogens is 134 g/mol. The Morgan fingerprint density at radius 3 is 2.64 bits per heavy atom. The summed E-state index contributed by atoms with van der Waals surface area (Å²) in [6.45, 7) is 11.1. The number of aryl methyl sites for hydroxylation is 1. The second-order valence-electron chi connectivity index (χ2n) is 2.83. The van der Waals surface area contributed by atoms with Crippen LogP contribution in [-0.2, 0) is 6.54 Å². The first-order valence-electron chi connectivity index (χ1n) is 4.08. The third-order valence-corrected chi connectivity index (χ3v) is 1.93. The van der Waals surface area contributed by atoms with Crippen molar-refractivity contribution < 1.29 is 0 Å². The van der Waals surface area contributed by atoms with Crippen LogP contribution in [0.3, 0.4) is 0 Å². The summed E-state index contributed by atoms with van der Waals surface area (Å²) < 4.78 is 2.16. The first kappa shape index (κ1) is 8.12. The molecule has 0 amide bonds. The van der Waals surface area contributed by atoms with Gasteiger partial charge in [-0.05, 0) is 17.7 Å². The topological polar surface area (TPSA) is 4.93 Å². The molecule has 0 aliphatic rings. The van der Waals surface area contributed by atoms with E-state index in [-0.39, 0.29) is 0 Å². The predicted octanol–water partition coefficient (Wildman–Crippen LogP) is 1.11. The number of unbranched alkanes of at least 4 members (excludes halogenated alkanes) is 1. The molecule has 1 rings (SSSR count). The Morgan fingerprint density at radius 1 is 1.45 bits per heavy atom. The predicted molar refractivity (Wildman–Crippen MR) is 49.6 cm³/mol. The van der Waals surface area contributed by atoms with Crippen LogP contribution in [0.2, 0.25) is 0 Å². The molecule has 0 aliphatic heterocycles. The second kappa shape index (κ2) is 3.42. The van der Waals surface area contributed by atoms with Gasteiger partial charge in [0.15, 0.2) is 0 Å². The van der Waals surface area contributed by atoms with Crippen LogP contribution in [0.4, 0.5) is 0 Å². The largest absolute Gasteiger partial charge is 0.348 e. The normalized spacial score (nSPS) is 10.3. The molecule has 0 N–H and O–H groups in total. The Labute approximate surface area is 67.7 Å². The number of rotatable bonds is 3. The van der Waals surface area contributed by atoms with Crippen molar-refractivity contribution >= 4 is 13.2 Å². The zero-order chi connectivity index (χ0) is 8.27. The van der Waals surface area contributed by atoms with Gasteiger partial charge in [0, 0.05) is 18.1 Å². The van der Waals surface area contributed by atoms with Crippen LogP contribution in [0, 0.1) is 0 Å². The fourth-order valence-corrected chi connectivity index (χ4v) is 1.09. The van der Waals surface area contributed by atoms with Crippen LogP contribution in [0.1, 0.15) is 19.8 Å². The van der Waals surface area contributed by atoms with Gasteiger partial charge in [-0.25, -0.2) is 0 Å². The summed E-state index contributed by atoms with van der Waals surface area (Å²) >= 11 is 0. The van der Waals surface area contributed by atoms with E-state index in [2.05, 4.69) is 30.8 Å². The molecule has 0 aliphatic carbocycles. The lowest BCUT2D eigenvalue weighted by Crippen LogP contribution is -2.25. The van der Waals surface area contributed by atoms with E-state index >= 15 is 0 Å². The third kappa shape index (κ3) is 1.73. The molecule has 0 saturated heterocycles. The van der Waals surface area contributed by atoms with Crippen LogP contribution in [0.15, 0.2) is 12.3 Å². The molecule has 0 unspecified atom stereocenters. The van der Waals surface area contributed by atoms with E-state index in [9.17, 15) is 0 Å². The van der Waals surface area contributed by atoms with Gasteiger partial charge in [-0.3, -0.25) is 0 Å². The average molecular weight is 149 g/mol. The summed E-state index contributed by atoms with van der Waals surface area (Å²) in [4.78, 5) is 0. The molecule has 1 heteroatoms. The molecule has 0 radical (unpaired) electrons. The lowest BCUT2D eigenvalue weighted by atomic mass is 10.3. The van der Waals surface area contributed by atoms with Crippen LogP contribution in [-0.4, -0.2) is 4.57 Å². The van der Waals surface area contributed by atoms with E-state index in [4.69, 9.17) is 0 Å². The standard InChI is InChI=1S/C10H15N/c1-4-5-7-11-8-6-9(2)10(11)3/h6,8H,2-5,7H2,1H3. The summed E-state index contributed by atoms with van der Waals surface area (Å²) in [6.07, 6.45) is 4.50. The Hall–Kier alpha value is -0.980. The Morgan fingerprint density at radius 2 is 2.18 bits per heavy atom. The molecule has 1 aromatic heterocycles. The molecule has 1 aromatic rings. The quantitative estimate of drug-likeness (QED) is 0.606. The minimum atomic E-state index is 1.04. The highest BCUT2D eigenvalue weighted by atomic mass is 14.9. The fraction of sp³-hybridized carbons (Fsp3) is 0.400. The summed E-state index contributed by atoms with van der Waals surface area (Å²) in [5.41, 5.74) is 0. The third-order valence-electron chi connectivity index (χ3n) is 1.93. The van der Waals surface area contributed by atoms with Gasteiger partial charge in [0.05, 0.1) is 0 Å². The summed E-state index contributed by atoms with van der Waals surface area (Å²) in [6, 6.07) is 2.01. The minimum Gasteiger partial charge on any atom is -0.348 e. The van der Waals surface area contributed by atoms with E-state index in [1.807, 2.05) is 6.07 Å². The molecular formula is C10H15N. The van der Waals surface area contributed by atoms with Crippen molar-refractivity contribution in [3.8, 4) is 0 Å². The first-order valence-corrected chi connectivity index (χ1v) is 4.08. The van der Waals surface area contributed by atoms with Crippen molar-refractivity contribution in [1.29, 1.82) is 0 Å². The van der Waals surface area contributed by atoms with Gasteiger partial charge in [-0.2, -0.15) is 0 Å². The maximum atomic E-state index is 3.93. The van der Waals surface area contributed by atoms with Crippen molar-refractivity contribution in [1.82, 2.24) is 4.57 Å². The maximum Gasteiger partial charge on any atom is 0.0401 e. The van der Waals surface area contributed by atoms with Gasteiger partial charge in [-0.1, -0.05) is 26.5 Å². The van der Waals surface area contributed by atoms with Crippen molar-refractivity contribution in [2.45, 2.75) is 26.3 Å². The fourth-order valence-electron chi connectivity index (χ4n) is 1.09. The van der Waals surface area contributed by atoms with Crippen molar-refractivity contribution in [3.63, 3.8) is 0 Å². The van der Waals surface area contributed by atoms with Gasteiger partial charge in [0.1, 0.15) is 0 Å². The van der Waals surface area contributed by atoms with Crippen molar-refractivity contribution in [3.05, 3.63) is 22.8 Å². The summed E-state index contributed by atoms with van der Waals surface area (Å²) in [7, 11) is 0. The molecule has 0 bridgehead atoms. The SMILES string of the molecule is C=c1ccn(CCCC)c1=C. The second-order valence-corrected chi connectivity index (χ2v) is 2.83. The molecule has 1 heterocycles. The molecule has 60 valence electrons. The zero-order valence-electron chi connectivity index (χ0n) is 7.14. The van der Waals surface area contributed by atoms with Gasteiger partial charge >= 0.3 is 0 Å². The average Bonchev–Trinajstić information content (AvgIpc) is 2.31. The number of hydrogen-bond acceptors (Lipinski definition) is 0. The number of aromatic nitrogens is 1. The lowest BCUT2D eigenvalue weighted by molar-refractivity contribution is 0.622. The van der Waals surface area contributed by atoms with Gasteiger partial charge in [0.2, 0.25) is 0 Å². The van der Waals surface area contributed by atoms with Crippen molar-refractivity contribution in [2.24, 2.45) is 0 Å². The van der Waals surface area contributed by atoms with Gasteiger partial charge < -0.3 is 4.57 Å². The number of nitrogens with zero attached hydrogens (tertiary/aromatic N) is 1. The van der Waals surface area contributed by atoms with Crippen LogP contribution < -0.4 is 10.6 Å². The van der Waals surface area contributed by atoms with Gasteiger partial charge in [0.25, 0.3) is 0 Å². The van der Waals surface area contributed by atoms with E-state index in [0.717, 1.165) is 17.1 Å². The minimum absolute atomic E-state index is 1.04. The lowest BCUT2D eigenvalue weighted by Gasteiger charge is -1.99. The summed E-state index contributed by atoms with van der Waals surface area (Å²) in [5, 5.41) is 2.10. The number of hydrogen-bond donors (Lipinski definition) is 0. The van der Waals surface area contributed by atoms with Crippen LogP contribution >= 0.6 is 0 Å². The van der Waals surface area contributed by atoms with E-state index < -0.39 is 0 Å². The zero-order valence-corrected chi connectivity index (χ0v) is 7.14. The summed E-state index contributed by atoms with van der Waals surface area (Å²) in [5.74, 6) is 0. The molecule has 0 aromatic carbocycles. The Bertz CT molecular complexity index is 308.